The Morgan fingerprint density at radius 2 is 2.33 bits per heavy atom. The van der Waals surface area contributed by atoms with Crippen molar-refractivity contribution in [3.05, 3.63) is 30.1 Å². The largest absolute Gasteiger partial charge is 0.382 e. The molecule has 0 spiro atoms. The van der Waals surface area contributed by atoms with Crippen molar-refractivity contribution >= 4 is 0 Å². The molecule has 0 aliphatic rings. The first-order valence-electron chi connectivity index (χ1n) is 4.25. The second kappa shape index (κ2) is 4.88. The zero-order valence-electron chi connectivity index (χ0n) is 7.66. The van der Waals surface area contributed by atoms with Gasteiger partial charge in [-0.15, -0.1) is 0 Å². The predicted molar refractivity (Wildman–Crippen MR) is 49.0 cm³/mol. The zero-order valence-corrected chi connectivity index (χ0v) is 7.66. The first-order chi connectivity index (χ1) is 5.83. The summed E-state index contributed by atoms with van der Waals surface area (Å²) in [5.74, 6) is 0. The van der Waals surface area contributed by atoms with E-state index in [9.17, 15) is 0 Å². The van der Waals surface area contributed by atoms with Gasteiger partial charge >= 0.3 is 0 Å². The Balaban J connectivity index is 2.33. The molecule has 0 bridgehead atoms. The van der Waals surface area contributed by atoms with Gasteiger partial charge in [0.2, 0.25) is 0 Å². The molecule has 0 fully saturated rings. The second-order valence-electron chi connectivity index (χ2n) is 2.91. The molecule has 0 saturated carbocycles. The van der Waals surface area contributed by atoms with E-state index in [1.54, 1.807) is 7.11 Å². The first kappa shape index (κ1) is 9.20. The van der Waals surface area contributed by atoms with Gasteiger partial charge in [0.05, 0.1) is 6.10 Å². The molecule has 0 saturated heterocycles. The minimum atomic E-state index is 0.326. The number of nitrogens with zero attached hydrogens (tertiary/aromatic N) is 1. The van der Waals surface area contributed by atoms with E-state index >= 15 is 0 Å². The number of rotatable bonds is 4. The second-order valence-corrected chi connectivity index (χ2v) is 2.91. The van der Waals surface area contributed by atoms with Crippen LogP contribution in [0, 0.1) is 0 Å². The summed E-state index contributed by atoms with van der Waals surface area (Å²) in [4.78, 5) is 4.23. The standard InChI is InChI=1S/C10H15NO/c1-9(12-2)6-7-10-5-3-4-8-11-10/h3-5,8-9H,6-7H2,1-2H3. The van der Waals surface area contributed by atoms with Crippen LogP contribution in [0.25, 0.3) is 0 Å². The van der Waals surface area contributed by atoms with E-state index in [0.717, 1.165) is 18.5 Å². The van der Waals surface area contributed by atoms with Crippen LogP contribution < -0.4 is 0 Å². The summed E-state index contributed by atoms with van der Waals surface area (Å²) in [6.45, 7) is 2.07. The topological polar surface area (TPSA) is 22.1 Å². The van der Waals surface area contributed by atoms with Crippen LogP contribution in [-0.2, 0) is 11.2 Å². The van der Waals surface area contributed by atoms with E-state index in [4.69, 9.17) is 4.74 Å². The van der Waals surface area contributed by atoms with Crippen molar-refractivity contribution in [2.45, 2.75) is 25.9 Å². The van der Waals surface area contributed by atoms with E-state index in [1.807, 2.05) is 24.4 Å². The van der Waals surface area contributed by atoms with Gasteiger partial charge in [0.15, 0.2) is 0 Å². The first-order valence-corrected chi connectivity index (χ1v) is 4.25. The van der Waals surface area contributed by atoms with Crippen molar-refractivity contribution in [2.75, 3.05) is 7.11 Å². The number of pyridine rings is 1. The molecular weight excluding hydrogens is 150 g/mol. The molecule has 0 aromatic carbocycles. The average molecular weight is 165 g/mol. The van der Waals surface area contributed by atoms with E-state index in [0.29, 0.717) is 6.10 Å². The zero-order chi connectivity index (χ0) is 8.81. The summed E-state index contributed by atoms with van der Waals surface area (Å²) >= 11 is 0. The maximum Gasteiger partial charge on any atom is 0.0547 e. The van der Waals surface area contributed by atoms with Crippen LogP contribution in [0.1, 0.15) is 19.0 Å². The molecule has 2 nitrogen and oxygen atoms in total. The molecule has 1 aromatic rings. The Labute approximate surface area is 73.6 Å². The molecule has 1 rings (SSSR count). The normalized spacial score (nSPS) is 12.8. The summed E-state index contributed by atoms with van der Waals surface area (Å²) < 4.78 is 5.14. The predicted octanol–water partition coefficient (Wildman–Crippen LogP) is 2.05. The minimum absolute atomic E-state index is 0.326. The molecule has 0 aliphatic heterocycles. The van der Waals surface area contributed by atoms with Crippen molar-refractivity contribution in [3.63, 3.8) is 0 Å². The highest BCUT2D eigenvalue weighted by molar-refractivity contribution is 5.03. The van der Waals surface area contributed by atoms with Crippen LogP contribution in [0.2, 0.25) is 0 Å². The lowest BCUT2D eigenvalue weighted by Gasteiger charge is -2.07. The quantitative estimate of drug-likeness (QED) is 0.681. The Bertz CT molecular complexity index is 210. The Morgan fingerprint density at radius 1 is 1.50 bits per heavy atom. The Kier molecular flexibility index (Phi) is 3.74. The fraction of sp³-hybridized carbons (Fsp3) is 0.500. The number of hydrogen-bond donors (Lipinski definition) is 0. The maximum atomic E-state index is 5.14. The third-order valence-corrected chi connectivity index (χ3v) is 1.94. The molecule has 1 heterocycles. The monoisotopic (exact) mass is 165 g/mol. The van der Waals surface area contributed by atoms with Gasteiger partial charge in [-0.2, -0.15) is 0 Å². The van der Waals surface area contributed by atoms with E-state index < -0.39 is 0 Å². The van der Waals surface area contributed by atoms with Crippen LogP contribution >= 0.6 is 0 Å². The van der Waals surface area contributed by atoms with Crippen LogP contribution in [0.15, 0.2) is 24.4 Å². The number of aryl methyl sites for hydroxylation is 1. The van der Waals surface area contributed by atoms with E-state index in [-0.39, 0.29) is 0 Å². The van der Waals surface area contributed by atoms with Crippen molar-refractivity contribution < 1.29 is 4.74 Å². The van der Waals surface area contributed by atoms with Gasteiger partial charge in [0.1, 0.15) is 0 Å². The lowest BCUT2D eigenvalue weighted by molar-refractivity contribution is 0.111. The summed E-state index contributed by atoms with van der Waals surface area (Å²) in [6.07, 6.45) is 4.18. The highest BCUT2D eigenvalue weighted by atomic mass is 16.5. The minimum Gasteiger partial charge on any atom is -0.382 e. The number of ether oxygens (including phenoxy) is 1. The van der Waals surface area contributed by atoms with Gasteiger partial charge in [-0.1, -0.05) is 6.07 Å². The Morgan fingerprint density at radius 3 is 2.92 bits per heavy atom. The Hall–Kier alpha value is -0.890. The highest BCUT2D eigenvalue weighted by Crippen LogP contribution is 2.03. The molecule has 1 atom stereocenters. The van der Waals surface area contributed by atoms with Gasteiger partial charge in [-0.25, -0.2) is 0 Å². The molecule has 66 valence electrons. The van der Waals surface area contributed by atoms with Crippen molar-refractivity contribution in [1.82, 2.24) is 4.98 Å². The van der Waals surface area contributed by atoms with Gasteiger partial charge in [0, 0.05) is 19.0 Å². The van der Waals surface area contributed by atoms with E-state index in [1.165, 1.54) is 0 Å². The fourth-order valence-corrected chi connectivity index (χ4v) is 1.02. The van der Waals surface area contributed by atoms with Crippen LogP contribution in [-0.4, -0.2) is 18.2 Å². The van der Waals surface area contributed by atoms with Crippen molar-refractivity contribution in [2.24, 2.45) is 0 Å². The SMILES string of the molecule is COC(C)CCc1ccccn1. The number of hydrogen-bond acceptors (Lipinski definition) is 2. The average Bonchev–Trinajstić information content (AvgIpc) is 2.16. The van der Waals surface area contributed by atoms with Gasteiger partial charge < -0.3 is 4.74 Å². The lowest BCUT2D eigenvalue weighted by atomic mass is 10.1. The third-order valence-electron chi connectivity index (χ3n) is 1.94. The summed E-state index contributed by atoms with van der Waals surface area (Å²) in [6, 6.07) is 5.99. The summed E-state index contributed by atoms with van der Waals surface area (Å²) in [5, 5.41) is 0. The van der Waals surface area contributed by atoms with Gasteiger partial charge in [0.25, 0.3) is 0 Å². The molecule has 0 N–H and O–H groups in total. The van der Waals surface area contributed by atoms with Crippen LogP contribution in [0.5, 0.6) is 0 Å². The van der Waals surface area contributed by atoms with Crippen molar-refractivity contribution in [3.8, 4) is 0 Å². The van der Waals surface area contributed by atoms with Crippen LogP contribution in [0.4, 0.5) is 0 Å². The fourth-order valence-electron chi connectivity index (χ4n) is 1.02. The lowest BCUT2D eigenvalue weighted by Crippen LogP contribution is -2.06. The highest BCUT2D eigenvalue weighted by Gasteiger charge is 1.99. The van der Waals surface area contributed by atoms with E-state index in [2.05, 4.69) is 11.9 Å². The molecule has 1 aromatic heterocycles. The summed E-state index contributed by atoms with van der Waals surface area (Å²) in [5.41, 5.74) is 1.14. The molecule has 12 heavy (non-hydrogen) atoms. The molecule has 1 unspecified atom stereocenters. The van der Waals surface area contributed by atoms with Crippen LogP contribution in [0.3, 0.4) is 0 Å². The van der Waals surface area contributed by atoms with Crippen molar-refractivity contribution in [1.29, 1.82) is 0 Å². The molecule has 0 radical (unpaired) electrons. The summed E-state index contributed by atoms with van der Waals surface area (Å²) in [7, 11) is 1.74. The van der Waals surface area contributed by atoms with Gasteiger partial charge in [-0.05, 0) is 31.9 Å². The molecule has 2 heteroatoms. The third kappa shape index (κ3) is 3.01. The smallest absolute Gasteiger partial charge is 0.0547 e. The number of aromatic nitrogens is 1. The molecular formula is C10H15NO. The molecule has 0 aliphatic carbocycles. The van der Waals surface area contributed by atoms with Gasteiger partial charge in [-0.3, -0.25) is 4.98 Å². The number of methoxy groups -OCH3 is 1. The molecule has 0 amide bonds. The maximum absolute atomic E-state index is 5.14.